The third-order valence-electron chi connectivity index (χ3n) is 3.90. The third kappa shape index (κ3) is 2.85. The second-order valence-electron chi connectivity index (χ2n) is 5.11. The molecule has 0 aromatic carbocycles. The lowest BCUT2D eigenvalue weighted by Crippen LogP contribution is -2.40. The smallest absolute Gasteiger partial charge is 0.0946 e. The highest BCUT2D eigenvalue weighted by molar-refractivity contribution is 4.80. The molecule has 0 unspecified atom stereocenters. The molecule has 1 aliphatic carbocycles. The summed E-state index contributed by atoms with van der Waals surface area (Å²) in [5, 5.41) is 0. The molecule has 2 atom stereocenters. The Morgan fingerprint density at radius 1 is 1.38 bits per heavy atom. The van der Waals surface area contributed by atoms with Gasteiger partial charge in [0.15, 0.2) is 0 Å². The van der Waals surface area contributed by atoms with Crippen LogP contribution >= 0.6 is 0 Å². The van der Waals surface area contributed by atoms with Crippen LogP contribution in [-0.2, 0) is 6.54 Å². The van der Waals surface area contributed by atoms with E-state index in [4.69, 9.17) is 0 Å². The van der Waals surface area contributed by atoms with Gasteiger partial charge in [-0.3, -0.25) is 0 Å². The number of nitrogens with zero attached hydrogens (tertiary/aromatic N) is 3. The van der Waals surface area contributed by atoms with Gasteiger partial charge >= 0.3 is 0 Å². The fourth-order valence-corrected chi connectivity index (χ4v) is 2.81. The lowest BCUT2D eigenvalue weighted by atomic mass is 9.85. The molecule has 0 N–H and O–H groups in total. The largest absolute Gasteiger partial charge is 0.336 e. The molecule has 3 heteroatoms. The van der Waals surface area contributed by atoms with Crippen molar-refractivity contribution in [2.45, 2.75) is 45.2 Å². The zero-order chi connectivity index (χ0) is 11.4. The van der Waals surface area contributed by atoms with E-state index in [1.165, 1.54) is 25.7 Å². The minimum absolute atomic E-state index is 0.789. The molecule has 1 aliphatic rings. The molecule has 90 valence electrons. The van der Waals surface area contributed by atoms with Gasteiger partial charge < -0.3 is 9.47 Å². The quantitative estimate of drug-likeness (QED) is 0.778. The number of rotatable bonds is 4. The first-order chi connectivity index (χ1) is 7.77. The molecule has 0 saturated heterocycles. The van der Waals surface area contributed by atoms with Crippen LogP contribution in [-0.4, -0.2) is 34.1 Å². The molecule has 1 aromatic heterocycles. The first kappa shape index (κ1) is 11.6. The van der Waals surface area contributed by atoms with E-state index in [1.54, 1.807) is 0 Å². The summed E-state index contributed by atoms with van der Waals surface area (Å²) in [5.41, 5.74) is 0. The van der Waals surface area contributed by atoms with Crippen LogP contribution in [0.4, 0.5) is 0 Å². The second-order valence-corrected chi connectivity index (χ2v) is 5.11. The van der Waals surface area contributed by atoms with Crippen LogP contribution in [0.5, 0.6) is 0 Å². The van der Waals surface area contributed by atoms with Crippen LogP contribution in [0, 0.1) is 5.92 Å². The molecule has 0 bridgehead atoms. The van der Waals surface area contributed by atoms with Gasteiger partial charge in [-0.15, -0.1) is 0 Å². The van der Waals surface area contributed by atoms with Crippen molar-refractivity contribution in [3.8, 4) is 0 Å². The molecule has 1 fully saturated rings. The number of aromatic nitrogens is 2. The molecule has 3 nitrogen and oxygen atoms in total. The molecular formula is C13H23N3. The monoisotopic (exact) mass is 221 g/mol. The van der Waals surface area contributed by atoms with E-state index < -0.39 is 0 Å². The van der Waals surface area contributed by atoms with E-state index in [2.05, 4.69) is 28.4 Å². The molecule has 1 saturated carbocycles. The van der Waals surface area contributed by atoms with Gasteiger partial charge in [-0.05, 0) is 25.8 Å². The van der Waals surface area contributed by atoms with Crippen molar-refractivity contribution in [2.75, 3.05) is 13.6 Å². The lowest BCUT2D eigenvalue weighted by molar-refractivity contribution is 0.135. The minimum atomic E-state index is 0.789. The molecule has 16 heavy (non-hydrogen) atoms. The van der Waals surface area contributed by atoms with Crippen LogP contribution in [0.25, 0.3) is 0 Å². The molecular weight excluding hydrogens is 198 g/mol. The van der Waals surface area contributed by atoms with Crippen molar-refractivity contribution in [1.82, 2.24) is 14.5 Å². The Labute approximate surface area is 98.5 Å². The van der Waals surface area contributed by atoms with Crippen LogP contribution in [0.1, 0.15) is 32.6 Å². The Morgan fingerprint density at radius 3 is 2.88 bits per heavy atom. The summed E-state index contributed by atoms with van der Waals surface area (Å²) in [5.74, 6) is 0.863. The summed E-state index contributed by atoms with van der Waals surface area (Å²) in [6, 6.07) is 0.789. The molecule has 1 aromatic rings. The van der Waals surface area contributed by atoms with Crippen molar-refractivity contribution in [2.24, 2.45) is 5.92 Å². The average molecular weight is 221 g/mol. The molecule has 2 rings (SSSR count). The Hall–Kier alpha value is -0.830. The number of hydrogen-bond donors (Lipinski definition) is 0. The zero-order valence-electron chi connectivity index (χ0n) is 10.5. The lowest BCUT2D eigenvalue weighted by Gasteiger charge is -2.36. The summed E-state index contributed by atoms with van der Waals surface area (Å²) in [4.78, 5) is 6.60. The molecule has 0 spiro atoms. The predicted octanol–water partition coefficient (Wildman–Crippen LogP) is 2.39. The average Bonchev–Trinajstić information content (AvgIpc) is 2.79. The minimum Gasteiger partial charge on any atom is -0.336 e. The summed E-state index contributed by atoms with van der Waals surface area (Å²) in [6.07, 6.45) is 11.4. The van der Waals surface area contributed by atoms with Gasteiger partial charge in [0, 0.05) is 31.5 Å². The van der Waals surface area contributed by atoms with Gasteiger partial charge in [-0.1, -0.05) is 19.8 Å². The summed E-state index contributed by atoms with van der Waals surface area (Å²) in [6.45, 7) is 4.59. The van der Waals surface area contributed by atoms with Gasteiger partial charge in [-0.2, -0.15) is 0 Å². The molecule has 0 aliphatic heterocycles. The third-order valence-corrected chi connectivity index (χ3v) is 3.90. The fraction of sp³-hybridized carbons (Fsp3) is 0.769. The van der Waals surface area contributed by atoms with Crippen LogP contribution in [0.2, 0.25) is 0 Å². The van der Waals surface area contributed by atoms with Gasteiger partial charge in [0.1, 0.15) is 0 Å². The van der Waals surface area contributed by atoms with Crippen molar-refractivity contribution in [3.63, 3.8) is 0 Å². The van der Waals surface area contributed by atoms with E-state index in [-0.39, 0.29) is 0 Å². The highest BCUT2D eigenvalue weighted by Gasteiger charge is 2.24. The van der Waals surface area contributed by atoms with Crippen LogP contribution < -0.4 is 0 Å². The van der Waals surface area contributed by atoms with Crippen molar-refractivity contribution < 1.29 is 0 Å². The molecule has 0 amide bonds. The van der Waals surface area contributed by atoms with Crippen LogP contribution in [0.3, 0.4) is 0 Å². The van der Waals surface area contributed by atoms with Gasteiger partial charge in [-0.25, -0.2) is 4.98 Å². The summed E-state index contributed by atoms with van der Waals surface area (Å²) in [7, 11) is 2.27. The van der Waals surface area contributed by atoms with E-state index in [9.17, 15) is 0 Å². The maximum atomic E-state index is 4.07. The SMILES string of the molecule is C[C@H]1CCCC[C@@H]1N(C)CCn1ccnc1. The van der Waals surface area contributed by atoms with Crippen molar-refractivity contribution in [1.29, 1.82) is 0 Å². The van der Waals surface area contributed by atoms with E-state index in [1.807, 2.05) is 18.7 Å². The number of likely N-dealkylation sites (N-methyl/N-ethyl adjacent to an activating group) is 1. The Morgan fingerprint density at radius 2 is 2.19 bits per heavy atom. The van der Waals surface area contributed by atoms with Crippen LogP contribution in [0.15, 0.2) is 18.7 Å². The first-order valence-electron chi connectivity index (χ1n) is 6.43. The Balaban J connectivity index is 1.80. The predicted molar refractivity (Wildman–Crippen MR) is 66.3 cm³/mol. The van der Waals surface area contributed by atoms with E-state index in [0.29, 0.717) is 0 Å². The summed E-state index contributed by atoms with van der Waals surface area (Å²) < 4.78 is 2.16. The van der Waals surface area contributed by atoms with Gasteiger partial charge in [0.2, 0.25) is 0 Å². The first-order valence-corrected chi connectivity index (χ1v) is 6.43. The maximum Gasteiger partial charge on any atom is 0.0946 e. The Kier molecular flexibility index (Phi) is 3.99. The number of hydrogen-bond acceptors (Lipinski definition) is 2. The van der Waals surface area contributed by atoms with Crippen molar-refractivity contribution in [3.05, 3.63) is 18.7 Å². The zero-order valence-corrected chi connectivity index (χ0v) is 10.5. The maximum absolute atomic E-state index is 4.07. The highest BCUT2D eigenvalue weighted by Crippen LogP contribution is 2.27. The van der Waals surface area contributed by atoms with Gasteiger partial charge in [0.25, 0.3) is 0 Å². The van der Waals surface area contributed by atoms with E-state index >= 15 is 0 Å². The standard InChI is InChI=1S/C13H23N3/c1-12-5-3-4-6-13(12)15(2)9-10-16-8-7-14-11-16/h7-8,11-13H,3-6,9-10H2,1-2H3/t12-,13-/m0/s1. The normalized spacial score (nSPS) is 26.2. The molecule has 0 radical (unpaired) electrons. The van der Waals surface area contributed by atoms with Crippen molar-refractivity contribution >= 4 is 0 Å². The topological polar surface area (TPSA) is 21.1 Å². The Bertz CT molecular complexity index is 294. The number of imidazole rings is 1. The second kappa shape index (κ2) is 5.48. The van der Waals surface area contributed by atoms with E-state index in [0.717, 1.165) is 25.0 Å². The summed E-state index contributed by atoms with van der Waals surface area (Å²) >= 11 is 0. The highest BCUT2D eigenvalue weighted by atomic mass is 15.2. The molecule has 1 heterocycles. The fourth-order valence-electron chi connectivity index (χ4n) is 2.81. The van der Waals surface area contributed by atoms with Gasteiger partial charge in [0.05, 0.1) is 6.33 Å².